The van der Waals surface area contributed by atoms with Crippen molar-refractivity contribution >= 4 is 39.1 Å². The van der Waals surface area contributed by atoms with Crippen LogP contribution in [0.1, 0.15) is 64.5 Å². The molecule has 0 aliphatic carbocycles. The van der Waals surface area contributed by atoms with E-state index in [1.807, 2.05) is 33.0 Å². The van der Waals surface area contributed by atoms with Gasteiger partial charge in [-0.15, -0.1) is 0 Å². The van der Waals surface area contributed by atoms with Gasteiger partial charge >= 0.3 is 12.1 Å². The lowest BCUT2D eigenvalue weighted by molar-refractivity contribution is -0.151. The lowest BCUT2D eigenvalue weighted by Gasteiger charge is -2.43. The number of piperazine rings is 1. The zero-order chi connectivity index (χ0) is 35.6. The normalized spacial score (nSPS) is 30.1. The minimum atomic E-state index is -3.29. The molecule has 0 radical (unpaired) electrons. The Labute approximate surface area is 288 Å². The highest BCUT2D eigenvalue weighted by atomic mass is 32.2. The molecule has 1 unspecified atom stereocenters. The van der Waals surface area contributed by atoms with Crippen molar-refractivity contribution < 1.29 is 37.3 Å². The fourth-order valence-electron chi connectivity index (χ4n) is 7.63. The molecule has 2 N–H and O–H groups in total. The summed E-state index contributed by atoms with van der Waals surface area (Å²) in [4.78, 5) is 28.9. The van der Waals surface area contributed by atoms with Crippen molar-refractivity contribution in [1.82, 2.24) is 23.9 Å². The summed E-state index contributed by atoms with van der Waals surface area (Å²) >= 11 is 0. The van der Waals surface area contributed by atoms with Gasteiger partial charge in [-0.2, -0.15) is 5.10 Å². The summed E-state index contributed by atoms with van der Waals surface area (Å²) in [5.74, 6) is -1.37. The van der Waals surface area contributed by atoms with Crippen LogP contribution in [0.3, 0.4) is 0 Å². The molecule has 2 aromatic rings. The molecule has 0 bridgehead atoms. The molecule has 6 atom stereocenters. The number of amides is 1. The first-order chi connectivity index (χ1) is 23.1. The number of piperidine rings is 1. The number of likely N-dealkylation sites (N-methyl/N-ethyl adjacent to an activating group) is 1. The largest absolute Gasteiger partial charge is 0.465 e. The van der Waals surface area contributed by atoms with Crippen molar-refractivity contribution in [3.8, 4) is 0 Å². The fraction of sp³-hybridized carbons (Fsp3) is 0.629. The number of hydrogen-bond acceptors (Lipinski definition) is 8. The second-order valence-electron chi connectivity index (χ2n) is 14.3. The molecule has 3 aliphatic rings. The summed E-state index contributed by atoms with van der Waals surface area (Å²) in [5, 5.41) is 25.6. The van der Waals surface area contributed by atoms with Crippen molar-refractivity contribution in [2.75, 3.05) is 46.0 Å². The highest BCUT2D eigenvalue weighted by Crippen LogP contribution is 2.33. The maximum atomic E-state index is 15.4. The van der Waals surface area contributed by atoms with Gasteiger partial charge in [-0.1, -0.05) is 32.1 Å². The SMILES string of the molecule is C/C(=C\c1cc(F)c2cnn(C3CCN(S(C)(=O)=O)CC3)c2c1)[C@H]1OC(=O)C[C@H](O)CC[C@H](C)[C@@H](C2CN(C)CCN2C(=O)O)/C=C/[C@@H]1C. The number of carboxylic acid groups (broad SMARTS) is 1. The lowest BCUT2D eigenvalue weighted by Crippen LogP contribution is -2.57. The van der Waals surface area contributed by atoms with Gasteiger partial charge in [0.25, 0.3) is 0 Å². The van der Waals surface area contributed by atoms with Crippen LogP contribution in [0.15, 0.2) is 36.1 Å². The molecule has 49 heavy (non-hydrogen) atoms. The number of sulfonamides is 1. The van der Waals surface area contributed by atoms with Crippen molar-refractivity contribution in [2.45, 2.75) is 77.2 Å². The Bertz CT molecular complexity index is 1690. The van der Waals surface area contributed by atoms with E-state index in [1.165, 1.54) is 27.7 Å². The molecule has 0 spiro atoms. The van der Waals surface area contributed by atoms with Crippen LogP contribution in [0.25, 0.3) is 17.0 Å². The number of benzene rings is 1. The van der Waals surface area contributed by atoms with E-state index in [1.54, 1.807) is 10.8 Å². The molecular formula is C35H50FN5O7S. The number of aliphatic hydroxyl groups excluding tert-OH is 1. The van der Waals surface area contributed by atoms with E-state index in [9.17, 15) is 28.2 Å². The molecule has 2 fully saturated rings. The van der Waals surface area contributed by atoms with Crippen molar-refractivity contribution in [3.05, 3.63) is 47.4 Å². The van der Waals surface area contributed by atoms with E-state index in [2.05, 4.69) is 23.0 Å². The van der Waals surface area contributed by atoms with Crippen molar-refractivity contribution in [2.24, 2.45) is 17.8 Å². The topological polar surface area (TPSA) is 146 Å². The maximum absolute atomic E-state index is 15.4. The van der Waals surface area contributed by atoms with Gasteiger partial charge in [-0.3, -0.25) is 9.48 Å². The highest BCUT2D eigenvalue weighted by molar-refractivity contribution is 7.88. The fourth-order valence-corrected chi connectivity index (χ4v) is 8.50. The second-order valence-corrected chi connectivity index (χ2v) is 16.2. The van der Waals surface area contributed by atoms with E-state index in [4.69, 9.17) is 4.74 Å². The van der Waals surface area contributed by atoms with Crippen LogP contribution < -0.4 is 0 Å². The quantitative estimate of drug-likeness (QED) is 0.343. The number of aliphatic hydroxyl groups is 1. The molecule has 5 rings (SSSR count). The van der Waals surface area contributed by atoms with E-state index < -0.39 is 40.1 Å². The Balaban J connectivity index is 1.45. The van der Waals surface area contributed by atoms with Gasteiger partial charge in [-0.25, -0.2) is 21.9 Å². The Kier molecular flexibility index (Phi) is 11.5. The smallest absolute Gasteiger partial charge is 0.407 e. The first-order valence-electron chi connectivity index (χ1n) is 17.2. The number of carbonyl (C=O) groups is 2. The Morgan fingerprint density at radius 1 is 1.08 bits per heavy atom. The van der Waals surface area contributed by atoms with Crippen LogP contribution in [-0.2, 0) is 19.6 Å². The summed E-state index contributed by atoms with van der Waals surface area (Å²) in [6.45, 7) is 8.20. The number of nitrogens with zero attached hydrogens (tertiary/aromatic N) is 5. The average molecular weight is 704 g/mol. The second kappa shape index (κ2) is 15.3. The van der Waals surface area contributed by atoms with Gasteiger partial charge in [0, 0.05) is 44.6 Å². The third kappa shape index (κ3) is 8.70. The molecule has 270 valence electrons. The predicted octanol–water partition coefficient (Wildman–Crippen LogP) is 4.37. The van der Waals surface area contributed by atoms with Crippen LogP contribution in [0.4, 0.5) is 9.18 Å². The van der Waals surface area contributed by atoms with E-state index in [0.717, 1.165) is 0 Å². The Morgan fingerprint density at radius 2 is 1.80 bits per heavy atom. The van der Waals surface area contributed by atoms with Crippen LogP contribution >= 0.6 is 0 Å². The standard InChI is InChI=1S/C35H50FN5O7S/c1-22-6-8-27(42)19-33(43)48-34(23(2)7-9-28(22)32-21-38(4)14-15-40(32)35(44)45)24(3)16-25-17-30(36)29-20-37-41(31(29)18-25)26-10-12-39(13-11-26)49(5,46)47/h7,9,16-18,20,22-23,26-28,32,34,42H,6,8,10-15,19,21H2,1-5H3,(H,44,45)/b9-7+,24-16+/t22-,23-,27+,28-,32?,34-/m0/s1. The van der Waals surface area contributed by atoms with E-state index >= 15 is 4.39 Å². The molecule has 3 aliphatic heterocycles. The number of hydrogen-bond donors (Lipinski definition) is 2. The number of cyclic esters (lactones) is 1. The highest BCUT2D eigenvalue weighted by Gasteiger charge is 2.37. The van der Waals surface area contributed by atoms with Crippen molar-refractivity contribution in [3.63, 3.8) is 0 Å². The van der Waals surface area contributed by atoms with Crippen LogP contribution in [0.2, 0.25) is 0 Å². The summed E-state index contributed by atoms with van der Waals surface area (Å²) in [6, 6.07) is 2.90. The number of halogens is 1. The molecule has 1 amide bonds. The van der Waals surface area contributed by atoms with Crippen LogP contribution in [-0.4, -0.2) is 119 Å². The number of ether oxygens (including phenoxy) is 1. The van der Waals surface area contributed by atoms with Crippen molar-refractivity contribution in [1.29, 1.82) is 0 Å². The Hall–Kier alpha value is -3.33. The number of esters is 1. The van der Waals surface area contributed by atoms with Gasteiger partial charge in [-0.05, 0) is 68.8 Å². The van der Waals surface area contributed by atoms with E-state index in [0.29, 0.717) is 80.4 Å². The number of carbonyl (C=O) groups excluding carboxylic acids is 1. The summed E-state index contributed by atoms with van der Waals surface area (Å²) < 4.78 is 48.7. The first-order valence-corrected chi connectivity index (χ1v) is 19.0. The molecule has 1 aromatic heterocycles. The first kappa shape index (κ1) is 36.9. The molecule has 12 nitrogen and oxygen atoms in total. The third-order valence-corrected chi connectivity index (χ3v) is 11.8. The monoisotopic (exact) mass is 703 g/mol. The maximum Gasteiger partial charge on any atom is 0.407 e. The molecule has 1 aromatic carbocycles. The Morgan fingerprint density at radius 3 is 2.47 bits per heavy atom. The van der Waals surface area contributed by atoms with Gasteiger partial charge in [0.15, 0.2) is 0 Å². The molecule has 0 saturated carbocycles. The van der Waals surface area contributed by atoms with Gasteiger partial charge in [0.05, 0.1) is 48.0 Å². The van der Waals surface area contributed by atoms with Gasteiger partial charge in [0.1, 0.15) is 11.9 Å². The number of aromatic nitrogens is 2. The molecular weight excluding hydrogens is 653 g/mol. The molecule has 14 heteroatoms. The minimum Gasteiger partial charge on any atom is -0.465 e. The van der Waals surface area contributed by atoms with Gasteiger partial charge < -0.3 is 24.7 Å². The van der Waals surface area contributed by atoms with Crippen LogP contribution in [0, 0.1) is 23.6 Å². The summed E-state index contributed by atoms with van der Waals surface area (Å²) in [6.07, 6.45) is 7.90. The predicted molar refractivity (Wildman–Crippen MR) is 185 cm³/mol. The van der Waals surface area contributed by atoms with E-state index in [-0.39, 0.29) is 36.3 Å². The lowest BCUT2D eigenvalue weighted by atomic mass is 9.80. The number of fused-ring (bicyclic) bond motifs is 1. The zero-order valence-corrected chi connectivity index (χ0v) is 29.9. The zero-order valence-electron chi connectivity index (χ0n) is 29.0. The minimum absolute atomic E-state index is 0.0418. The van der Waals surface area contributed by atoms with Crippen LogP contribution in [0.5, 0.6) is 0 Å². The molecule has 4 heterocycles. The average Bonchev–Trinajstić information content (AvgIpc) is 3.46. The summed E-state index contributed by atoms with van der Waals surface area (Å²) in [7, 11) is -1.30. The summed E-state index contributed by atoms with van der Waals surface area (Å²) in [5.41, 5.74) is 1.84. The van der Waals surface area contributed by atoms with Gasteiger partial charge in [0.2, 0.25) is 10.0 Å². The third-order valence-electron chi connectivity index (χ3n) is 10.5. The number of rotatable bonds is 5. The molecule has 2 saturated heterocycles.